The predicted octanol–water partition coefficient (Wildman–Crippen LogP) is 4.14. The lowest BCUT2D eigenvalue weighted by molar-refractivity contribution is 0.0938. The van der Waals surface area contributed by atoms with E-state index in [2.05, 4.69) is 20.6 Å². The number of benzene rings is 1. The fourth-order valence-corrected chi connectivity index (χ4v) is 3.41. The van der Waals surface area contributed by atoms with Gasteiger partial charge in [-0.2, -0.15) is 5.10 Å². The summed E-state index contributed by atoms with van der Waals surface area (Å²) in [7, 11) is 1.79. The summed E-state index contributed by atoms with van der Waals surface area (Å²) in [6.07, 6.45) is 5.08. The molecule has 1 aromatic carbocycles. The van der Waals surface area contributed by atoms with Crippen molar-refractivity contribution in [1.29, 1.82) is 0 Å². The summed E-state index contributed by atoms with van der Waals surface area (Å²) in [6, 6.07) is 7.86. The van der Waals surface area contributed by atoms with Crippen molar-refractivity contribution in [2.45, 2.75) is 12.3 Å². The van der Waals surface area contributed by atoms with Crippen LogP contribution in [0.15, 0.2) is 59.5 Å². The Morgan fingerprint density at radius 1 is 1.22 bits per heavy atom. The number of rotatable bonds is 6. The fourth-order valence-electron chi connectivity index (χ4n) is 3.29. The molecule has 7 nitrogen and oxygen atoms in total. The van der Waals surface area contributed by atoms with Crippen LogP contribution >= 0.6 is 11.6 Å². The van der Waals surface area contributed by atoms with Gasteiger partial charge in [0.2, 0.25) is 0 Å². The van der Waals surface area contributed by atoms with E-state index in [-0.39, 0.29) is 23.6 Å². The van der Waals surface area contributed by atoms with Gasteiger partial charge in [-0.25, -0.2) is 8.78 Å². The Labute approximate surface area is 187 Å². The maximum Gasteiger partial charge on any atom is 0.273 e. The van der Waals surface area contributed by atoms with E-state index in [9.17, 15) is 13.6 Å². The topological polar surface area (TPSA) is 85.8 Å². The first-order valence-corrected chi connectivity index (χ1v) is 9.95. The molecule has 1 unspecified atom stereocenters. The van der Waals surface area contributed by atoms with E-state index in [0.717, 1.165) is 17.7 Å². The minimum Gasteiger partial charge on any atom is -0.355 e. The van der Waals surface area contributed by atoms with Crippen LogP contribution < -0.4 is 5.32 Å². The summed E-state index contributed by atoms with van der Waals surface area (Å²) < 4.78 is 33.9. The van der Waals surface area contributed by atoms with E-state index in [1.54, 1.807) is 30.1 Å². The third-order valence-corrected chi connectivity index (χ3v) is 5.40. The van der Waals surface area contributed by atoms with Crippen molar-refractivity contribution < 1.29 is 18.1 Å². The molecule has 0 saturated carbocycles. The van der Waals surface area contributed by atoms with Gasteiger partial charge in [-0.05, 0) is 31.2 Å². The number of aryl methyl sites for hydroxylation is 1. The number of hydrogen-bond donors (Lipinski definition) is 1. The smallest absolute Gasteiger partial charge is 0.273 e. The molecular formula is C22H18ClF2N5O2. The molecule has 0 radical (unpaired) electrons. The van der Waals surface area contributed by atoms with Gasteiger partial charge in [-0.15, -0.1) is 0 Å². The lowest BCUT2D eigenvalue weighted by Gasteiger charge is -2.28. The maximum absolute atomic E-state index is 14.0. The summed E-state index contributed by atoms with van der Waals surface area (Å²) >= 11 is 5.98. The molecule has 0 aliphatic rings. The summed E-state index contributed by atoms with van der Waals surface area (Å²) in [5.74, 6) is -2.03. The zero-order valence-corrected chi connectivity index (χ0v) is 17.9. The molecule has 1 N–H and O–H groups in total. The van der Waals surface area contributed by atoms with E-state index in [0.29, 0.717) is 10.7 Å². The highest BCUT2D eigenvalue weighted by Crippen LogP contribution is 2.31. The van der Waals surface area contributed by atoms with Gasteiger partial charge in [0.1, 0.15) is 11.6 Å². The number of carbonyl (C=O) groups excluding carboxylic acids is 1. The first kappa shape index (κ1) is 21.6. The number of hydrogen-bond acceptors (Lipinski definition) is 5. The van der Waals surface area contributed by atoms with Crippen molar-refractivity contribution in [3.05, 3.63) is 88.6 Å². The largest absolute Gasteiger partial charge is 0.355 e. The van der Waals surface area contributed by atoms with Crippen molar-refractivity contribution >= 4 is 17.5 Å². The first-order valence-electron chi connectivity index (χ1n) is 9.58. The van der Waals surface area contributed by atoms with Crippen LogP contribution in [0.25, 0.3) is 11.3 Å². The second kappa shape index (κ2) is 8.51. The Morgan fingerprint density at radius 3 is 2.69 bits per heavy atom. The van der Waals surface area contributed by atoms with Gasteiger partial charge in [-0.1, -0.05) is 16.8 Å². The number of nitrogens with zero attached hydrogens (tertiary/aromatic N) is 4. The molecule has 4 rings (SSSR count). The Hall–Kier alpha value is -3.59. The highest BCUT2D eigenvalue weighted by molar-refractivity contribution is 6.30. The molecule has 0 spiro atoms. The SMILES string of the molecule is Cn1cc(C(C)(CNC(=O)c2cc(-c3ccc(F)cc3F)on2)c2ccc(Cl)cn2)cn1. The number of carbonyl (C=O) groups is 1. The van der Waals surface area contributed by atoms with Gasteiger partial charge in [0.15, 0.2) is 11.5 Å². The number of amides is 1. The molecule has 0 aliphatic heterocycles. The molecule has 0 fully saturated rings. The van der Waals surface area contributed by atoms with Crippen LogP contribution in [-0.2, 0) is 12.5 Å². The van der Waals surface area contributed by atoms with Crippen LogP contribution in [-0.4, -0.2) is 32.4 Å². The van der Waals surface area contributed by atoms with Gasteiger partial charge in [0.25, 0.3) is 5.91 Å². The van der Waals surface area contributed by atoms with Gasteiger partial charge >= 0.3 is 0 Å². The van der Waals surface area contributed by atoms with E-state index in [1.165, 1.54) is 18.3 Å². The molecule has 164 valence electrons. The zero-order valence-electron chi connectivity index (χ0n) is 17.1. The van der Waals surface area contributed by atoms with E-state index < -0.39 is 23.0 Å². The lowest BCUT2D eigenvalue weighted by Crippen LogP contribution is -2.40. The fraction of sp³-hybridized carbons (Fsp3) is 0.182. The van der Waals surface area contributed by atoms with E-state index >= 15 is 0 Å². The Morgan fingerprint density at radius 2 is 2.03 bits per heavy atom. The molecule has 0 saturated heterocycles. The molecule has 32 heavy (non-hydrogen) atoms. The van der Waals surface area contributed by atoms with Crippen molar-refractivity contribution in [3.63, 3.8) is 0 Å². The van der Waals surface area contributed by atoms with Crippen LogP contribution in [0.5, 0.6) is 0 Å². The van der Waals surface area contributed by atoms with Crippen molar-refractivity contribution in [3.8, 4) is 11.3 Å². The molecule has 4 aromatic rings. The molecule has 1 amide bonds. The quantitative estimate of drug-likeness (QED) is 0.470. The third-order valence-electron chi connectivity index (χ3n) is 5.18. The monoisotopic (exact) mass is 457 g/mol. The molecule has 3 heterocycles. The first-order chi connectivity index (χ1) is 15.3. The van der Waals surface area contributed by atoms with Gasteiger partial charge in [0.05, 0.1) is 27.9 Å². The number of aromatic nitrogens is 4. The average molecular weight is 458 g/mol. The van der Waals surface area contributed by atoms with Crippen LogP contribution in [0.2, 0.25) is 5.02 Å². The maximum atomic E-state index is 14.0. The second-order valence-corrected chi connectivity index (χ2v) is 7.92. The lowest BCUT2D eigenvalue weighted by atomic mass is 9.80. The molecular weight excluding hydrogens is 440 g/mol. The zero-order chi connectivity index (χ0) is 22.9. The second-order valence-electron chi connectivity index (χ2n) is 7.48. The van der Waals surface area contributed by atoms with Gasteiger partial charge in [-0.3, -0.25) is 14.5 Å². The van der Waals surface area contributed by atoms with Crippen LogP contribution in [0.1, 0.15) is 28.7 Å². The normalized spacial score (nSPS) is 13.0. The summed E-state index contributed by atoms with van der Waals surface area (Å²) in [4.78, 5) is 17.2. The average Bonchev–Trinajstić information content (AvgIpc) is 3.42. The number of halogens is 3. The minimum atomic E-state index is -0.814. The van der Waals surface area contributed by atoms with Crippen molar-refractivity contribution in [2.75, 3.05) is 6.54 Å². The molecule has 0 bridgehead atoms. The Balaban J connectivity index is 1.57. The molecule has 3 aromatic heterocycles. The highest BCUT2D eigenvalue weighted by Gasteiger charge is 2.33. The van der Waals surface area contributed by atoms with Gasteiger partial charge < -0.3 is 9.84 Å². The minimum absolute atomic E-state index is 0.00325. The number of pyridine rings is 1. The van der Waals surface area contributed by atoms with Crippen molar-refractivity contribution in [1.82, 2.24) is 25.2 Å². The third kappa shape index (κ3) is 4.24. The molecule has 10 heteroatoms. The van der Waals surface area contributed by atoms with Crippen LogP contribution in [0.4, 0.5) is 8.78 Å². The van der Waals surface area contributed by atoms with Gasteiger partial charge in [0, 0.05) is 43.7 Å². The standard InChI is InChI=1S/C22H18ClF2N5O2/c1-22(13-9-28-30(2)11-13,20-6-3-14(23)10-26-20)12-27-21(31)18-8-19(32-29-18)16-5-4-15(24)7-17(16)25/h3-11H,12H2,1-2H3,(H,27,31). The molecule has 1 atom stereocenters. The van der Waals surface area contributed by atoms with Crippen molar-refractivity contribution in [2.24, 2.45) is 7.05 Å². The summed E-state index contributed by atoms with van der Waals surface area (Å²) in [5.41, 5.74) is 0.767. The Bertz CT molecular complexity index is 1270. The number of nitrogens with one attached hydrogen (secondary N) is 1. The summed E-state index contributed by atoms with van der Waals surface area (Å²) in [6.45, 7) is 2.09. The summed E-state index contributed by atoms with van der Waals surface area (Å²) in [5, 5.41) is 11.3. The predicted molar refractivity (Wildman–Crippen MR) is 113 cm³/mol. The van der Waals surface area contributed by atoms with Crippen LogP contribution in [0.3, 0.4) is 0 Å². The van der Waals surface area contributed by atoms with Crippen LogP contribution in [0, 0.1) is 11.6 Å². The Kier molecular flexibility index (Phi) is 5.75. The molecule has 0 aliphatic carbocycles. The van der Waals surface area contributed by atoms with E-state index in [4.69, 9.17) is 16.1 Å². The highest BCUT2D eigenvalue weighted by atomic mass is 35.5. The van der Waals surface area contributed by atoms with E-state index in [1.807, 2.05) is 13.1 Å².